The lowest BCUT2D eigenvalue weighted by atomic mass is 10.0. The normalized spacial score (nSPS) is 12.5. The van der Waals surface area contributed by atoms with Crippen LogP contribution in [0.3, 0.4) is 0 Å². The van der Waals surface area contributed by atoms with E-state index in [9.17, 15) is 4.79 Å². The van der Waals surface area contributed by atoms with E-state index in [0.29, 0.717) is 13.0 Å². The van der Waals surface area contributed by atoms with Gasteiger partial charge in [-0.05, 0) is 19.4 Å². The van der Waals surface area contributed by atoms with Crippen molar-refractivity contribution in [2.75, 3.05) is 6.54 Å². The van der Waals surface area contributed by atoms with Gasteiger partial charge in [0.05, 0.1) is 5.92 Å². The van der Waals surface area contributed by atoms with Crippen LogP contribution in [0.4, 0.5) is 0 Å². The van der Waals surface area contributed by atoms with Crippen molar-refractivity contribution >= 4 is 12.2 Å². The summed E-state index contributed by atoms with van der Waals surface area (Å²) in [5.74, 6) is -1.54. The molecule has 0 bridgehead atoms. The SMILES string of the molecule is N=CC(CCCCN)C(=O)O. The number of nitrogens with one attached hydrogen (secondary N) is 1. The summed E-state index contributed by atoms with van der Waals surface area (Å²) in [5.41, 5.74) is 5.23. The van der Waals surface area contributed by atoms with Crippen LogP contribution in [-0.4, -0.2) is 23.8 Å². The molecule has 0 heterocycles. The Bertz CT molecular complexity index is 136. The highest BCUT2D eigenvalue weighted by Gasteiger charge is 2.12. The molecule has 0 aromatic heterocycles. The van der Waals surface area contributed by atoms with E-state index in [1.165, 1.54) is 0 Å². The second kappa shape index (κ2) is 5.85. The van der Waals surface area contributed by atoms with Gasteiger partial charge in [0.2, 0.25) is 0 Å². The Hall–Kier alpha value is -0.900. The fourth-order valence-corrected chi connectivity index (χ4v) is 0.787. The van der Waals surface area contributed by atoms with Crippen LogP contribution in [0.1, 0.15) is 19.3 Å². The van der Waals surface area contributed by atoms with Gasteiger partial charge >= 0.3 is 5.97 Å². The Kier molecular flexibility index (Phi) is 5.37. The Morgan fingerprint density at radius 3 is 2.64 bits per heavy atom. The largest absolute Gasteiger partial charge is 0.481 e. The van der Waals surface area contributed by atoms with E-state index in [4.69, 9.17) is 16.2 Å². The summed E-state index contributed by atoms with van der Waals surface area (Å²) in [4.78, 5) is 10.3. The zero-order chi connectivity index (χ0) is 8.69. The molecule has 1 unspecified atom stereocenters. The van der Waals surface area contributed by atoms with E-state index in [1.807, 2.05) is 0 Å². The smallest absolute Gasteiger partial charge is 0.311 e. The van der Waals surface area contributed by atoms with Gasteiger partial charge in [-0.25, -0.2) is 0 Å². The van der Waals surface area contributed by atoms with Gasteiger partial charge in [-0.3, -0.25) is 4.79 Å². The monoisotopic (exact) mass is 158 g/mol. The first-order valence-electron chi connectivity index (χ1n) is 3.65. The Morgan fingerprint density at radius 2 is 2.27 bits per heavy atom. The maximum Gasteiger partial charge on any atom is 0.311 e. The first-order chi connectivity index (χ1) is 5.22. The molecule has 4 nitrogen and oxygen atoms in total. The van der Waals surface area contributed by atoms with Crippen molar-refractivity contribution in [1.29, 1.82) is 5.41 Å². The minimum Gasteiger partial charge on any atom is -0.481 e. The molecule has 0 aromatic carbocycles. The van der Waals surface area contributed by atoms with Crippen LogP contribution in [0.25, 0.3) is 0 Å². The molecule has 0 saturated carbocycles. The molecule has 0 aliphatic carbocycles. The molecule has 0 rings (SSSR count). The number of carboxylic acids is 1. The predicted molar refractivity (Wildman–Crippen MR) is 42.8 cm³/mol. The quantitative estimate of drug-likeness (QED) is 0.388. The summed E-state index contributed by atoms with van der Waals surface area (Å²) in [6.45, 7) is 0.588. The Morgan fingerprint density at radius 1 is 1.64 bits per heavy atom. The van der Waals surface area contributed by atoms with Crippen molar-refractivity contribution in [2.24, 2.45) is 11.7 Å². The number of rotatable bonds is 6. The average molecular weight is 158 g/mol. The van der Waals surface area contributed by atoms with E-state index in [2.05, 4.69) is 0 Å². The van der Waals surface area contributed by atoms with E-state index >= 15 is 0 Å². The highest BCUT2D eigenvalue weighted by molar-refractivity contribution is 5.87. The number of unbranched alkanes of at least 4 members (excludes halogenated alkanes) is 1. The molecule has 64 valence electrons. The number of hydrogen-bond donors (Lipinski definition) is 3. The van der Waals surface area contributed by atoms with Crippen molar-refractivity contribution in [1.82, 2.24) is 0 Å². The van der Waals surface area contributed by atoms with Crippen LogP contribution in [-0.2, 0) is 4.79 Å². The highest BCUT2D eigenvalue weighted by Crippen LogP contribution is 2.05. The van der Waals surface area contributed by atoms with Crippen molar-refractivity contribution < 1.29 is 9.90 Å². The molecule has 0 aliphatic rings. The van der Waals surface area contributed by atoms with Crippen LogP contribution < -0.4 is 5.73 Å². The predicted octanol–water partition coefficient (Wildman–Crippen LogP) is 0.466. The average Bonchev–Trinajstić information content (AvgIpc) is 1.97. The maximum atomic E-state index is 10.3. The number of aliphatic carboxylic acids is 1. The fourth-order valence-electron chi connectivity index (χ4n) is 0.787. The van der Waals surface area contributed by atoms with Crippen LogP contribution in [0.15, 0.2) is 0 Å². The molecular weight excluding hydrogens is 144 g/mol. The van der Waals surface area contributed by atoms with E-state index in [0.717, 1.165) is 19.1 Å². The summed E-state index contributed by atoms with van der Waals surface area (Å²) in [6, 6.07) is 0. The molecule has 0 radical (unpaired) electrons. The summed E-state index contributed by atoms with van der Waals surface area (Å²) < 4.78 is 0. The molecule has 11 heavy (non-hydrogen) atoms. The third-order valence-corrected chi connectivity index (χ3v) is 1.49. The van der Waals surface area contributed by atoms with Gasteiger partial charge in [-0.2, -0.15) is 0 Å². The standard InChI is InChI=1S/C7H14N2O2/c8-4-2-1-3-6(5-9)7(10)11/h5-6,9H,1-4,8H2,(H,10,11). The van der Waals surface area contributed by atoms with Gasteiger partial charge in [-0.1, -0.05) is 6.42 Å². The summed E-state index contributed by atoms with van der Waals surface area (Å²) in [7, 11) is 0. The molecule has 0 aliphatic heterocycles. The fraction of sp³-hybridized carbons (Fsp3) is 0.714. The lowest BCUT2D eigenvalue weighted by molar-refractivity contribution is -0.139. The van der Waals surface area contributed by atoms with Gasteiger partial charge in [0, 0.05) is 6.21 Å². The van der Waals surface area contributed by atoms with Gasteiger partial charge in [0.25, 0.3) is 0 Å². The zero-order valence-corrected chi connectivity index (χ0v) is 6.42. The topological polar surface area (TPSA) is 87.2 Å². The third kappa shape index (κ3) is 4.50. The van der Waals surface area contributed by atoms with Gasteiger partial charge in [0.1, 0.15) is 0 Å². The second-order valence-electron chi connectivity index (χ2n) is 2.40. The molecule has 4 heteroatoms. The highest BCUT2D eigenvalue weighted by atomic mass is 16.4. The molecular formula is C7H14N2O2. The number of nitrogens with two attached hydrogens (primary N) is 1. The molecule has 0 aromatic rings. The van der Waals surface area contributed by atoms with Crippen LogP contribution in [0, 0.1) is 11.3 Å². The molecule has 0 spiro atoms. The van der Waals surface area contributed by atoms with E-state index in [-0.39, 0.29) is 0 Å². The lowest BCUT2D eigenvalue weighted by Gasteiger charge is -2.03. The van der Waals surface area contributed by atoms with Crippen molar-refractivity contribution in [3.05, 3.63) is 0 Å². The first-order valence-corrected chi connectivity index (χ1v) is 3.65. The van der Waals surface area contributed by atoms with Gasteiger partial charge < -0.3 is 16.2 Å². The lowest BCUT2D eigenvalue weighted by Crippen LogP contribution is -2.14. The molecule has 0 fully saturated rings. The van der Waals surface area contributed by atoms with Crippen molar-refractivity contribution in [3.8, 4) is 0 Å². The second-order valence-corrected chi connectivity index (χ2v) is 2.40. The van der Waals surface area contributed by atoms with Crippen LogP contribution in [0.2, 0.25) is 0 Å². The number of carboxylic acid groups (broad SMARTS) is 1. The van der Waals surface area contributed by atoms with E-state index in [1.54, 1.807) is 0 Å². The van der Waals surface area contributed by atoms with Gasteiger partial charge in [0.15, 0.2) is 0 Å². The third-order valence-electron chi connectivity index (χ3n) is 1.49. The van der Waals surface area contributed by atoms with Gasteiger partial charge in [-0.15, -0.1) is 0 Å². The number of carbonyl (C=O) groups is 1. The first kappa shape index (κ1) is 10.1. The summed E-state index contributed by atoms with van der Waals surface area (Å²) in [5, 5.41) is 15.3. The molecule has 4 N–H and O–H groups in total. The Labute approximate surface area is 65.9 Å². The summed E-state index contributed by atoms with van der Waals surface area (Å²) in [6.07, 6.45) is 3.11. The summed E-state index contributed by atoms with van der Waals surface area (Å²) >= 11 is 0. The van der Waals surface area contributed by atoms with Crippen molar-refractivity contribution in [3.63, 3.8) is 0 Å². The molecule has 0 saturated heterocycles. The van der Waals surface area contributed by atoms with Crippen LogP contribution in [0.5, 0.6) is 0 Å². The van der Waals surface area contributed by atoms with Crippen molar-refractivity contribution in [2.45, 2.75) is 19.3 Å². The Balaban J connectivity index is 3.52. The molecule has 1 atom stereocenters. The van der Waals surface area contributed by atoms with Crippen LogP contribution >= 0.6 is 0 Å². The number of hydrogen-bond acceptors (Lipinski definition) is 3. The molecule has 0 amide bonds. The minimum absolute atomic E-state index is 0.524. The zero-order valence-electron chi connectivity index (χ0n) is 6.42. The minimum atomic E-state index is -0.919. The maximum absolute atomic E-state index is 10.3. The van der Waals surface area contributed by atoms with E-state index < -0.39 is 11.9 Å².